The summed E-state index contributed by atoms with van der Waals surface area (Å²) >= 11 is -0.604. The van der Waals surface area contributed by atoms with Crippen LogP contribution in [-0.4, -0.2) is 49.3 Å². The van der Waals surface area contributed by atoms with Crippen molar-refractivity contribution in [1.82, 2.24) is 24.7 Å². The van der Waals surface area contributed by atoms with Crippen LogP contribution < -0.4 is 5.69 Å². The highest BCUT2D eigenvalue weighted by Gasteiger charge is 2.31. The third-order valence-corrected chi connectivity index (χ3v) is 4.19. The molecule has 0 saturated carbocycles. The van der Waals surface area contributed by atoms with Crippen molar-refractivity contribution in [3.63, 3.8) is 0 Å². The summed E-state index contributed by atoms with van der Waals surface area (Å²) < 4.78 is 52.2. The number of carbonyl (C=O) groups excluding carboxylic acids is 1. The number of carbonyl (C=O) groups is 1. The first-order valence-corrected chi connectivity index (χ1v) is 8.89. The molecule has 1 aromatic carbocycles. The molecule has 0 radical (unpaired) electrons. The normalized spacial score (nSPS) is 11.6. The number of aromatic nitrogens is 4. The Hall–Kier alpha value is -2.37. The zero-order valence-corrected chi connectivity index (χ0v) is 15.3. The van der Waals surface area contributed by atoms with Crippen LogP contribution in [0.3, 0.4) is 0 Å². The number of hydrogen-bond donors (Lipinski definition) is 0. The Bertz CT molecular complexity index is 859. The Morgan fingerprint density at radius 2 is 1.81 bits per heavy atom. The third-order valence-electron chi connectivity index (χ3n) is 3.41. The van der Waals surface area contributed by atoms with Crippen molar-refractivity contribution < 1.29 is 22.4 Å². The molecule has 0 N–H and O–H groups in total. The highest BCUT2D eigenvalue weighted by molar-refractivity contribution is 8.00. The third kappa shape index (κ3) is 5.08. The van der Waals surface area contributed by atoms with Crippen LogP contribution in [0.5, 0.6) is 0 Å². The second-order valence-corrected chi connectivity index (χ2v) is 6.62. The Balaban J connectivity index is 2.33. The molecular weight excluding hydrogens is 390 g/mol. The minimum Gasteiger partial charge on any atom is -0.323 e. The summed E-state index contributed by atoms with van der Waals surface area (Å²) in [6.07, 6.45) is 1.36. The molecule has 1 aromatic heterocycles. The average Bonchev–Trinajstić information content (AvgIpc) is 2.96. The fraction of sp³-hybridized carbons (Fsp3) is 0.467. The summed E-state index contributed by atoms with van der Waals surface area (Å²) in [7, 11) is 0. The van der Waals surface area contributed by atoms with Crippen molar-refractivity contribution in [2.24, 2.45) is 0 Å². The van der Waals surface area contributed by atoms with Gasteiger partial charge in [0.15, 0.2) is 0 Å². The van der Waals surface area contributed by atoms with Crippen molar-refractivity contribution in [3.8, 4) is 5.69 Å². The first-order chi connectivity index (χ1) is 12.7. The molecule has 0 fully saturated rings. The van der Waals surface area contributed by atoms with Crippen LogP contribution in [0.15, 0.2) is 27.9 Å². The van der Waals surface area contributed by atoms with Gasteiger partial charge in [0.1, 0.15) is 5.82 Å². The van der Waals surface area contributed by atoms with E-state index in [1.807, 2.05) is 13.8 Å². The highest BCUT2D eigenvalue weighted by Crippen LogP contribution is 2.38. The Labute approximate surface area is 155 Å². The van der Waals surface area contributed by atoms with E-state index < -0.39 is 39.7 Å². The maximum absolute atomic E-state index is 13.9. The number of benzene rings is 1. The molecule has 1 amide bonds. The summed E-state index contributed by atoms with van der Waals surface area (Å²) in [5.74, 6) is -1.17. The molecule has 1 heterocycles. The minimum atomic E-state index is -4.64. The molecule has 148 valence electrons. The van der Waals surface area contributed by atoms with Gasteiger partial charge in [-0.05, 0) is 47.2 Å². The Kier molecular flexibility index (Phi) is 6.63. The second-order valence-electron chi connectivity index (χ2n) is 5.52. The smallest absolute Gasteiger partial charge is 0.323 e. The lowest BCUT2D eigenvalue weighted by Gasteiger charge is -2.19. The summed E-state index contributed by atoms with van der Waals surface area (Å²) in [6, 6.07) is 2.04. The largest absolute Gasteiger partial charge is 0.446 e. The molecular formula is C15H17F4N5O2S. The van der Waals surface area contributed by atoms with Gasteiger partial charge in [-0.2, -0.15) is 17.9 Å². The summed E-state index contributed by atoms with van der Waals surface area (Å²) in [4.78, 5) is 25.6. The minimum absolute atomic E-state index is 0.138. The highest BCUT2D eigenvalue weighted by atomic mass is 32.2. The maximum Gasteiger partial charge on any atom is 0.446 e. The number of amides is 1. The number of rotatable bonds is 6. The predicted molar refractivity (Wildman–Crippen MR) is 90.4 cm³/mol. The predicted octanol–water partition coefficient (Wildman–Crippen LogP) is 3.27. The van der Waals surface area contributed by atoms with Gasteiger partial charge in [-0.1, -0.05) is 13.8 Å². The van der Waals surface area contributed by atoms with Gasteiger partial charge >= 0.3 is 17.2 Å². The quantitative estimate of drug-likeness (QED) is 0.418. The summed E-state index contributed by atoms with van der Waals surface area (Å²) in [5, 5.41) is 7.04. The van der Waals surface area contributed by atoms with E-state index in [1.165, 1.54) is 4.90 Å². The van der Waals surface area contributed by atoms with E-state index in [1.54, 1.807) is 0 Å². The van der Waals surface area contributed by atoms with E-state index >= 15 is 0 Å². The molecule has 0 unspecified atom stereocenters. The molecule has 0 saturated heterocycles. The van der Waals surface area contributed by atoms with Gasteiger partial charge in [-0.15, -0.1) is 4.68 Å². The van der Waals surface area contributed by atoms with Gasteiger partial charge in [0.2, 0.25) is 0 Å². The average molecular weight is 407 g/mol. The summed E-state index contributed by atoms with van der Waals surface area (Å²) in [6.45, 7) is 4.59. The Morgan fingerprint density at radius 3 is 2.33 bits per heavy atom. The van der Waals surface area contributed by atoms with Crippen LogP contribution in [0.25, 0.3) is 5.69 Å². The van der Waals surface area contributed by atoms with E-state index in [4.69, 9.17) is 0 Å². The van der Waals surface area contributed by atoms with Crippen molar-refractivity contribution in [1.29, 1.82) is 0 Å². The van der Waals surface area contributed by atoms with Gasteiger partial charge < -0.3 is 4.90 Å². The van der Waals surface area contributed by atoms with Crippen LogP contribution in [0.1, 0.15) is 26.7 Å². The number of hydrogen-bond acceptors (Lipinski definition) is 5. The van der Waals surface area contributed by atoms with Crippen LogP contribution in [0.4, 0.5) is 22.4 Å². The maximum atomic E-state index is 13.9. The SMILES string of the molecule is CCCN(CCC)C(=O)n1nnn(-c2ccc(SC(F)(F)F)c(F)c2)c1=O. The zero-order valence-electron chi connectivity index (χ0n) is 14.5. The number of nitrogens with zero attached hydrogens (tertiary/aromatic N) is 5. The van der Waals surface area contributed by atoms with E-state index in [2.05, 4.69) is 10.4 Å². The van der Waals surface area contributed by atoms with Crippen LogP contribution in [0.2, 0.25) is 0 Å². The molecule has 0 atom stereocenters. The second kappa shape index (κ2) is 8.55. The molecule has 27 heavy (non-hydrogen) atoms. The molecule has 0 aliphatic carbocycles. The van der Waals surface area contributed by atoms with Gasteiger partial charge in [0, 0.05) is 19.2 Å². The molecule has 2 aromatic rings. The number of alkyl halides is 3. The topological polar surface area (TPSA) is 73.0 Å². The van der Waals surface area contributed by atoms with Crippen molar-refractivity contribution in [3.05, 3.63) is 34.5 Å². The van der Waals surface area contributed by atoms with Gasteiger partial charge in [-0.3, -0.25) is 0 Å². The molecule has 2 rings (SSSR count). The lowest BCUT2D eigenvalue weighted by molar-refractivity contribution is -0.0329. The van der Waals surface area contributed by atoms with Crippen molar-refractivity contribution in [2.75, 3.05) is 13.1 Å². The standard InChI is InChI=1S/C15H17F4N5O2S/c1-3-7-22(8-4-2)13(25)24-14(26)23(20-21-24)10-5-6-12(11(16)9-10)27-15(17,18)19/h5-6,9H,3-4,7-8H2,1-2H3. The molecule has 0 aliphatic heterocycles. The molecule has 7 nitrogen and oxygen atoms in total. The van der Waals surface area contributed by atoms with Crippen molar-refractivity contribution in [2.45, 2.75) is 37.1 Å². The van der Waals surface area contributed by atoms with E-state index in [0.29, 0.717) is 35.3 Å². The molecule has 0 bridgehead atoms. The first kappa shape index (κ1) is 20.9. The fourth-order valence-electron chi connectivity index (χ4n) is 2.33. The monoisotopic (exact) mass is 407 g/mol. The fourth-order valence-corrected chi connectivity index (χ4v) is 2.88. The van der Waals surface area contributed by atoms with E-state index in [-0.39, 0.29) is 5.69 Å². The van der Waals surface area contributed by atoms with Gasteiger partial charge in [-0.25, -0.2) is 14.0 Å². The molecule has 0 spiro atoms. The first-order valence-electron chi connectivity index (χ1n) is 8.08. The molecule has 0 aliphatic rings. The Morgan fingerprint density at radius 1 is 1.19 bits per heavy atom. The van der Waals surface area contributed by atoms with Crippen LogP contribution >= 0.6 is 11.8 Å². The number of halogens is 4. The summed E-state index contributed by atoms with van der Waals surface area (Å²) in [5.41, 5.74) is -5.72. The van der Waals surface area contributed by atoms with Crippen LogP contribution in [-0.2, 0) is 0 Å². The van der Waals surface area contributed by atoms with Crippen molar-refractivity contribution >= 4 is 17.8 Å². The van der Waals surface area contributed by atoms with E-state index in [9.17, 15) is 27.2 Å². The lowest BCUT2D eigenvalue weighted by Crippen LogP contribution is -2.41. The lowest BCUT2D eigenvalue weighted by atomic mass is 10.3. The van der Waals surface area contributed by atoms with Crippen LogP contribution in [0, 0.1) is 5.82 Å². The zero-order chi connectivity index (χ0) is 20.2. The van der Waals surface area contributed by atoms with Gasteiger partial charge in [0.25, 0.3) is 0 Å². The number of tetrazole rings is 1. The number of thioether (sulfide) groups is 1. The molecule has 12 heteroatoms. The van der Waals surface area contributed by atoms with Gasteiger partial charge in [0.05, 0.1) is 10.6 Å². The van der Waals surface area contributed by atoms with E-state index in [0.717, 1.165) is 18.2 Å².